The van der Waals surface area contributed by atoms with Gasteiger partial charge in [-0.1, -0.05) is 18.2 Å². The van der Waals surface area contributed by atoms with Gasteiger partial charge < -0.3 is 10.5 Å². The molecule has 2 nitrogen and oxygen atoms in total. The van der Waals surface area contributed by atoms with Gasteiger partial charge >= 0.3 is 0 Å². The van der Waals surface area contributed by atoms with Crippen LogP contribution < -0.4 is 10.5 Å². The summed E-state index contributed by atoms with van der Waals surface area (Å²) in [4.78, 5) is 0. The molecular formula is C15H14F3NO. The highest BCUT2D eigenvalue weighted by molar-refractivity contribution is 5.41. The molecule has 20 heavy (non-hydrogen) atoms. The molecule has 0 aromatic heterocycles. The Labute approximate surface area is 115 Å². The van der Waals surface area contributed by atoms with E-state index in [1.165, 1.54) is 7.11 Å². The van der Waals surface area contributed by atoms with E-state index in [0.29, 0.717) is 11.3 Å². The number of halogens is 3. The topological polar surface area (TPSA) is 35.2 Å². The molecule has 2 aromatic rings. The second-order valence-corrected chi connectivity index (χ2v) is 4.47. The Hall–Kier alpha value is -2.01. The maximum absolute atomic E-state index is 13.7. The number of methoxy groups -OCH3 is 1. The first kappa shape index (κ1) is 14.4. The molecule has 0 saturated carbocycles. The first-order valence-electron chi connectivity index (χ1n) is 5.99. The summed E-state index contributed by atoms with van der Waals surface area (Å²) in [6.45, 7) is 1.82. The fourth-order valence-electron chi connectivity index (χ4n) is 2.06. The summed E-state index contributed by atoms with van der Waals surface area (Å²) >= 11 is 0. The number of hydrogen-bond acceptors (Lipinski definition) is 2. The normalized spacial score (nSPS) is 12.3. The van der Waals surface area contributed by atoms with Crippen LogP contribution >= 0.6 is 0 Å². The lowest BCUT2D eigenvalue weighted by Gasteiger charge is -2.15. The third kappa shape index (κ3) is 2.49. The van der Waals surface area contributed by atoms with Crippen LogP contribution in [0.4, 0.5) is 13.2 Å². The molecule has 2 rings (SSSR count). The van der Waals surface area contributed by atoms with Crippen molar-refractivity contribution in [3.63, 3.8) is 0 Å². The zero-order valence-electron chi connectivity index (χ0n) is 11.1. The van der Waals surface area contributed by atoms with Gasteiger partial charge in [-0.05, 0) is 30.2 Å². The Bertz CT molecular complexity index is 643. The molecule has 0 radical (unpaired) electrons. The van der Waals surface area contributed by atoms with E-state index in [2.05, 4.69) is 0 Å². The van der Waals surface area contributed by atoms with Crippen molar-refractivity contribution in [1.29, 1.82) is 0 Å². The van der Waals surface area contributed by atoms with E-state index in [-0.39, 0.29) is 5.56 Å². The molecule has 2 aromatic carbocycles. The van der Waals surface area contributed by atoms with Crippen LogP contribution in [0.5, 0.6) is 5.75 Å². The lowest BCUT2D eigenvalue weighted by atomic mass is 9.97. The molecule has 0 aliphatic carbocycles. The molecule has 0 heterocycles. The van der Waals surface area contributed by atoms with Crippen LogP contribution in [0.3, 0.4) is 0 Å². The summed E-state index contributed by atoms with van der Waals surface area (Å²) in [5.41, 5.74) is 7.25. The van der Waals surface area contributed by atoms with E-state index in [4.69, 9.17) is 10.5 Å². The van der Waals surface area contributed by atoms with Crippen molar-refractivity contribution in [2.24, 2.45) is 5.73 Å². The zero-order valence-corrected chi connectivity index (χ0v) is 11.1. The van der Waals surface area contributed by atoms with Crippen molar-refractivity contribution in [2.75, 3.05) is 7.11 Å². The highest BCUT2D eigenvalue weighted by Gasteiger charge is 2.19. The Morgan fingerprint density at radius 3 is 2.35 bits per heavy atom. The third-order valence-electron chi connectivity index (χ3n) is 3.18. The fraction of sp³-hybridized carbons (Fsp3) is 0.200. The molecule has 0 fully saturated rings. The number of benzene rings is 2. The summed E-state index contributed by atoms with van der Waals surface area (Å²) in [7, 11) is 1.54. The first-order valence-corrected chi connectivity index (χ1v) is 5.99. The minimum absolute atomic E-state index is 0.0894. The van der Waals surface area contributed by atoms with Gasteiger partial charge in [-0.25, -0.2) is 13.2 Å². The fourth-order valence-corrected chi connectivity index (χ4v) is 2.06. The maximum atomic E-state index is 13.7. The predicted molar refractivity (Wildman–Crippen MR) is 70.1 cm³/mol. The van der Waals surface area contributed by atoms with E-state index < -0.39 is 23.5 Å². The van der Waals surface area contributed by atoms with Crippen LogP contribution in [0.15, 0.2) is 30.3 Å². The lowest BCUT2D eigenvalue weighted by Crippen LogP contribution is -2.15. The number of ether oxygens (including phenoxy) is 1. The number of nitrogens with two attached hydrogens (primary N) is 1. The molecule has 0 aliphatic heterocycles. The third-order valence-corrected chi connectivity index (χ3v) is 3.18. The van der Waals surface area contributed by atoms with Gasteiger partial charge in [-0.15, -0.1) is 0 Å². The maximum Gasteiger partial charge on any atom is 0.194 e. The minimum atomic E-state index is -1.51. The van der Waals surface area contributed by atoms with Crippen LogP contribution in [0.25, 0.3) is 0 Å². The smallest absolute Gasteiger partial charge is 0.194 e. The minimum Gasteiger partial charge on any atom is -0.496 e. The average Bonchev–Trinajstić information content (AvgIpc) is 2.44. The number of rotatable bonds is 3. The molecule has 2 N–H and O–H groups in total. The van der Waals surface area contributed by atoms with Crippen molar-refractivity contribution in [1.82, 2.24) is 0 Å². The monoisotopic (exact) mass is 281 g/mol. The van der Waals surface area contributed by atoms with Gasteiger partial charge in [0.05, 0.1) is 13.2 Å². The predicted octanol–water partition coefficient (Wildman–Crippen LogP) is 3.47. The van der Waals surface area contributed by atoms with Crippen LogP contribution in [0.2, 0.25) is 0 Å². The van der Waals surface area contributed by atoms with Crippen molar-refractivity contribution in [2.45, 2.75) is 13.0 Å². The molecule has 106 valence electrons. The Morgan fingerprint density at radius 1 is 1.05 bits per heavy atom. The molecule has 0 bridgehead atoms. The van der Waals surface area contributed by atoms with Crippen molar-refractivity contribution in [3.05, 3.63) is 64.5 Å². The molecule has 5 heteroatoms. The van der Waals surface area contributed by atoms with E-state index in [9.17, 15) is 13.2 Å². The second-order valence-electron chi connectivity index (χ2n) is 4.47. The highest BCUT2D eigenvalue weighted by atomic mass is 19.2. The van der Waals surface area contributed by atoms with Crippen molar-refractivity contribution >= 4 is 0 Å². The molecule has 1 atom stereocenters. The average molecular weight is 281 g/mol. The number of hydrogen-bond donors (Lipinski definition) is 1. The lowest BCUT2D eigenvalue weighted by molar-refractivity contribution is 0.411. The van der Waals surface area contributed by atoms with E-state index in [1.807, 2.05) is 6.92 Å². The van der Waals surface area contributed by atoms with Gasteiger partial charge in [0.2, 0.25) is 0 Å². The largest absolute Gasteiger partial charge is 0.496 e. The second kappa shape index (κ2) is 5.54. The molecule has 0 spiro atoms. The standard InChI is InChI=1S/C15H14F3NO/c1-8-7-9(3-6-12(8)20-2)15(19)10-4-5-11(16)14(18)13(10)17/h3-7,15H,19H2,1-2H3. The quantitative estimate of drug-likeness (QED) is 0.874. The Balaban J connectivity index is 2.44. The summed E-state index contributed by atoms with van der Waals surface area (Å²) < 4.78 is 45.0. The summed E-state index contributed by atoms with van der Waals surface area (Å²) in [6.07, 6.45) is 0. The Morgan fingerprint density at radius 2 is 1.75 bits per heavy atom. The van der Waals surface area contributed by atoms with Gasteiger partial charge in [0, 0.05) is 5.56 Å². The van der Waals surface area contributed by atoms with E-state index in [0.717, 1.165) is 17.7 Å². The molecule has 1 unspecified atom stereocenters. The van der Waals surface area contributed by atoms with E-state index >= 15 is 0 Å². The van der Waals surface area contributed by atoms with Crippen LogP contribution in [0.1, 0.15) is 22.7 Å². The van der Waals surface area contributed by atoms with Gasteiger partial charge in [0.1, 0.15) is 5.75 Å². The zero-order chi connectivity index (χ0) is 14.9. The van der Waals surface area contributed by atoms with Gasteiger partial charge in [0.25, 0.3) is 0 Å². The Kier molecular flexibility index (Phi) is 3.99. The highest BCUT2D eigenvalue weighted by Crippen LogP contribution is 2.28. The van der Waals surface area contributed by atoms with Crippen molar-refractivity contribution in [3.8, 4) is 5.75 Å². The van der Waals surface area contributed by atoms with Crippen LogP contribution in [-0.4, -0.2) is 7.11 Å². The van der Waals surface area contributed by atoms with Crippen LogP contribution in [0, 0.1) is 24.4 Å². The van der Waals surface area contributed by atoms with Crippen LogP contribution in [-0.2, 0) is 0 Å². The molecule has 0 saturated heterocycles. The molecule has 0 aliphatic rings. The SMILES string of the molecule is COc1ccc(C(N)c2ccc(F)c(F)c2F)cc1C. The first-order chi connectivity index (χ1) is 9.45. The summed E-state index contributed by atoms with van der Waals surface area (Å²) in [5, 5.41) is 0. The molecule has 0 amide bonds. The van der Waals surface area contributed by atoms with Gasteiger partial charge in [-0.2, -0.15) is 0 Å². The summed E-state index contributed by atoms with van der Waals surface area (Å²) in [5.74, 6) is -3.33. The van der Waals surface area contributed by atoms with Gasteiger partial charge in [-0.3, -0.25) is 0 Å². The summed E-state index contributed by atoms with van der Waals surface area (Å²) in [6, 6.07) is 6.22. The van der Waals surface area contributed by atoms with Gasteiger partial charge in [0.15, 0.2) is 17.5 Å². The number of aryl methyl sites for hydroxylation is 1. The van der Waals surface area contributed by atoms with Crippen molar-refractivity contribution < 1.29 is 17.9 Å². The molecular weight excluding hydrogens is 267 g/mol. The van der Waals surface area contributed by atoms with E-state index in [1.54, 1.807) is 18.2 Å².